The van der Waals surface area contributed by atoms with Crippen molar-refractivity contribution in [2.45, 2.75) is 59.9 Å². The fourth-order valence-electron chi connectivity index (χ4n) is 2.76. The lowest BCUT2D eigenvalue weighted by Gasteiger charge is -2.26. The van der Waals surface area contributed by atoms with E-state index in [1.54, 1.807) is 0 Å². The first-order valence-corrected chi connectivity index (χ1v) is 7.40. The maximum Gasteiger partial charge on any atom is 0.0346 e. The molecule has 1 aromatic carbocycles. The third-order valence-electron chi connectivity index (χ3n) is 3.53. The zero-order valence-electron chi connectivity index (χ0n) is 12.7. The highest BCUT2D eigenvalue weighted by Crippen LogP contribution is 2.27. The average molecular weight is 247 g/mol. The van der Waals surface area contributed by atoms with Gasteiger partial charge in [-0.2, -0.15) is 0 Å². The van der Waals surface area contributed by atoms with Crippen LogP contribution in [0.2, 0.25) is 0 Å². The summed E-state index contributed by atoms with van der Waals surface area (Å²) in [6.07, 6.45) is 3.74. The van der Waals surface area contributed by atoms with E-state index in [2.05, 4.69) is 58.1 Å². The second kappa shape index (κ2) is 7.58. The molecule has 0 heterocycles. The maximum absolute atomic E-state index is 3.72. The van der Waals surface area contributed by atoms with Crippen LogP contribution in [-0.4, -0.2) is 6.54 Å². The molecule has 0 aliphatic heterocycles. The Balaban J connectivity index is 2.92. The molecule has 0 aliphatic rings. The lowest BCUT2D eigenvalue weighted by atomic mass is 9.89. The van der Waals surface area contributed by atoms with Crippen molar-refractivity contribution in [3.63, 3.8) is 0 Å². The van der Waals surface area contributed by atoms with Crippen LogP contribution < -0.4 is 5.32 Å². The van der Waals surface area contributed by atoms with Gasteiger partial charge in [-0.15, -0.1) is 0 Å². The number of rotatable bonds is 7. The maximum atomic E-state index is 3.72. The van der Waals surface area contributed by atoms with E-state index in [0.717, 1.165) is 6.54 Å². The van der Waals surface area contributed by atoms with Gasteiger partial charge in [-0.1, -0.05) is 56.5 Å². The molecule has 0 saturated heterocycles. The lowest BCUT2D eigenvalue weighted by molar-refractivity contribution is 0.363. The van der Waals surface area contributed by atoms with Crippen molar-refractivity contribution in [2.75, 3.05) is 6.54 Å². The van der Waals surface area contributed by atoms with Crippen molar-refractivity contribution in [2.24, 2.45) is 5.92 Å². The Morgan fingerprint density at radius 1 is 1.00 bits per heavy atom. The number of benzene rings is 1. The number of hydrogen-bond acceptors (Lipinski definition) is 1. The Morgan fingerprint density at radius 3 is 2.11 bits per heavy atom. The highest BCUT2D eigenvalue weighted by molar-refractivity contribution is 5.31. The molecule has 102 valence electrons. The first-order chi connectivity index (χ1) is 8.58. The van der Waals surface area contributed by atoms with Gasteiger partial charge in [0.2, 0.25) is 0 Å². The van der Waals surface area contributed by atoms with Crippen LogP contribution in [0.4, 0.5) is 0 Å². The normalized spacial score (nSPS) is 14.5. The Kier molecular flexibility index (Phi) is 6.42. The first kappa shape index (κ1) is 15.2. The Bertz CT molecular complexity index is 336. The molecule has 1 rings (SSSR count). The summed E-state index contributed by atoms with van der Waals surface area (Å²) >= 11 is 0. The standard InChI is InChI=1S/C17H29N/c1-6-8-15(5)17(18-9-7-2)16-11-13(3)10-14(4)12-16/h10-12,15,17-18H,6-9H2,1-5H3. The van der Waals surface area contributed by atoms with Crippen molar-refractivity contribution in [3.8, 4) is 0 Å². The van der Waals surface area contributed by atoms with Gasteiger partial charge in [0.15, 0.2) is 0 Å². The van der Waals surface area contributed by atoms with Crippen LogP contribution in [-0.2, 0) is 0 Å². The summed E-state index contributed by atoms with van der Waals surface area (Å²) in [5, 5.41) is 3.72. The summed E-state index contributed by atoms with van der Waals surface area (Å²) in [6.45, 7) is 12.4. The third kappa shape index (κ3) is 4.45. The molecule has 0 bridgehead atoms. The van der Waals surface area contributed by atoms with Crippen molar-refractivity contribution in [1.82, 2.24) is 5.32 Å². The van der Waals surface area contributed by atoms with Gasteiger partial charge in [0.25, 0.3) is 0 Å². The molecular weight excluding hydrogens is 218 g/mol. The Hall–Kier alpha value is -0.820. The third-order valence-corrected chi connectivity index (χ3v) is 3.53. The summed E-state index contributed by atoms with van der Waals surface area (Å²) in [5.74, 6) is 0.697. The van der Waals surface area contributed by atoms with E-state index in [1.807, 2.05) is 0 Å². The van der Waals surface area contributed by atoms with Crippen LogP contribution in [0, 0.1) is 19.8 Å². The SMILES string of the molecule is CCCNC(c1cc(C)cc(C)c1)C(C)CCC. The molecule has 2 atom stereocenters. The fourth-order valence-corrected chi connectivity index (χ4v) is 2.76. The van der Waals surface area contributed by atoms with E-state index in [1.165, 1.54) is 36.0 Å². The molecule has 2 unspecified atom stereocenters. The smallest absolute Gasteiger partial charge is 0.0346 e. The van der Waals surface area contributed by atoms with Crippen LogP contribution >= 0.6 is 0 Å². The van der Waals surface area contributed by atoms with E-state index in [-0.39, 0.29) is 0 Å². The lowest BCUT2D eigenvalue weighted by Crippen LogP contribution is -2.27. The topological polar surface area (TPSA) is 12.0 Å². The molecule has 1 heteroatoms. The van der Waals surface area contributed by atoms with Crippen molar-refractivity contribution in [3.05, 3.63) is 34.9 Å². The molecule has 0 aromatic heterocycles. The molecule has 18 heavy (non-hydrogen) atoms. The number of hydrogen-bond donors (Lipinski definition) is 1. The van der Waals surface area contributed by atoms with Gasteiger partial charge in [0, 0.05) is 6.04 Å². The molecule has 0 saturated carbocycles. The monoisotopic (exact) mass is 247 g/mol. The van der Waals surface area contributed by atoms with E-state index in [9.17, 15) is 0 Å². The van der Waals surface area contributed by atoms with Crippen molar-refractivity contribution >= 4 is 0 Å². The molecule has 0 amide bonds. The van der Waals surface area contributed by atoms with Crippen LogP contribution in [0.15, 0.2) is 18.2 Å². The molecule has 1 nitrogen and oxygen atoms in total. The van der Waals surface area contributed by atoms with E-state index in [4.69, 9.17) is 0 Å². The Labute approximate surface area is 113 Å². The van der Waals surface area contributed by atoms with Gasteiger partial charge in [-0.3, -0.25) is 0 Å². The first-order valence-electron chi connectivity index (χ1n) is 7.40. The van der Waals surface area contributed by atoms with Gasteiger partial charge >= 0.3 is 0 Å². The molecular formula is C17H29N. The zero-order valence-corrected chi connectivity index (χ0v) is 12.7. The summed E-state index contributed by atoms with van der Waals surface area (Å²) in [7, 11) is 0. The zero-order chi connectivity index (χ0) is 13.5. The second-order valence-corrected chi connectivity index (χ2v) is 5.62. The van der Waals surface area contributed by atoms with Crippen molar-refractivity contribution < 1.29 is 0 Å². The molecule has 0 spiro atoms. The molecule has 1 N–H and O–H groups in total. The van der Waals surface area contributed by atoms with Crippen LogP contribution in [0.1, 0.15) is 62.8 Å². The average Bonchev–Trinajstić information content (AvgIpc) is 2.28. The van der Waals surface area contributed by atoms with Crippen molar-refractivity contribution in [1.29, 1.82) is 0 Å². The van der Waals surface area contributed by atoms with Crippen LogP contribution in [0.3, 0.4) is 0 Å². The van der Waals surface area contributed by atoms with Gasteiger partial charge in [0.05, 0.1) is 0 Å². The van der Waals surface area contributed by atoms with E-state index < -0.39 is 0 Å². The number of nitrogens with one attached hydrogen (secondary N) is 1. The van der Waals surface area contributed by atoms with Gasteiger partial charge in [-0.05, 0) is 44.7 Å². The summed E-state index contributed by atoms with van der Waals surface area (Å²) in [4.78, 5) is 0. The highest BCUT2D eigenvalue weighted by Gasteiger charge is 2.18. The second-order valence-electron chi connectivity index (χ2n) is 5.62. The number of aryl methyl sites for hydroxylation is 2. The minimum absolute atomic E-state index is 0.503. The summed E-state index contributed by atoms with van der Waals surface area (Å²) in [5.41, 5.74) is 4.20. The molecule has 0 aliphatic carbocycles. The molecule has 1 aromatic rings. The van der Waals surface area contributed by atoms with Crippen LogP contribution in [0.5, 0.6) is 0 Å². The predicted molar refractivity (Wildman–Crippen MR) is 81.0 cm³/mol. The fraction of sp³-hybridized carbons (Fsp3) is 0.647. The van der Waals surface area contributed by atoms with Gasteiger partial charge < -0.3 is 5.32 Å². The minimum atomic E-state index is 0.503. The van der Waals surface area contributed by atoms with E-state index >= 15 is 0 Å². The molecule has 0 fully saturated rings. The summed E-state index contributed by atoms with van der Waals surface area (Å²) in [6, 6.07) is 7.44. The summed E-state index contributed by atoms with van der Waals surface area (Å²) < 4.78 is 0. The van der Waals surface area contributed by atoms with E-state index in [0.29, 0.717) is 12.0 Å². The predicted octanol–water partition coefficient (Wildman–Crippen LogP) is 4.78. The van der Waals surface area contributed by atoms with Gasteiger partial charge in [0.1, 0.15) is 0 Å². The minimum Gasteiger partial charge on any atom is -0.310 e. The molecule has 0 radical (unpaired) electrons. The van der Waals surface area contributed by atoms with Crippen LogP contribution in [0.25, 0.3) is 0 Å². The van der Waals surface area contributed by atoms with Gasteiger partial charge in [-0.25, -0.2) is 0 Å². The quantitative estimate of drug-likeness (QED) is 0.731. The Morgan fingerprint density at radius 2 is 1.61 bits per heavy atom. The highest BCUT2D eigenvalue weighted by atomic mass is 14.9. The largest absolute Gasteiger partial charge is 0.310 e.